The maximum absolute atomic E-state index is 13.4. The van der Waals surface area contributed by atoms with Gasteiger partial charge >= 0.3 is 0 Å². The first-order valence-electron chi connectivity index (χ1n) is 8.43. The zero-order chi connectivity index (χ0) is 16.2. The smallest absolute Gasteiger partial charge is 0.175 e. The lowest BCUT2D eigenvalue weighted by molar-refractivity contribution is -0.138. The summed E-state index contributed by atoms with van der Waals surface area (Å²) in [5.41, 5.74) is 1.39. The molecule has 4 nitrogen and oxygen atoms in total. The van der Waals surface area contributed by atoms with Crippen molar-refractivity contribution in [1.29, 1.82) is 0 Å². The number of allylic oxidation sites excluding steroid dienone is 2. The number of ether oxygens (including phenoxy) is 1. The molecule has 2 fully saturated rings. The first-order chi connectivity index (χ1) is 11.0. The van der Waals surface area contributed by atoms with Gasteiger partial charge in [0.1, 0.15) is 6.10 Å². The number of carbonyl (C=O) groups excluding carboxylic acids is 2. The maximum Gasteiger partial charge on any atom is 0.175 e. The van der Waals surface area contributed by atoms with E-state index in [1.165, 1.54) is 0 Å². The van der Waals surface area contributed by atoms with E-state index in [0.717, 1.165) is 24.0 Å². The third-order valence-corrected chi connectivity index (χ3v) is 6.36. The average Bonchev–Trinajstić information content (AvgIpc) is 3.13. The fourth-order valence-electron chi connectivity index (χ4n) is 5.08. The predicted octanol–water partition coefficient (Wildman–Crippen LogP) is 3.49. The Morgan fingerprint density at radius 1 is 1.26 bits per heavy atom. The zero-order valence-corrected chi connectivity index (χ0v) is 13.6. The number of Topliss-reactive ketones (excluding diaryl/α,β-unsaturated/α-hetero) is 1. The van der Waals surface area contributed by atoms with E-state index in [9.17, 15) is 9.59 Å². The van der Waals surface area contributed by atoms with Gasteiger partial charge in [-0.2, -0.15) is 0 Å². The first kappa shape index (κ1) is 14.9. The largest absolute Gasteiger partial charge is 0.472 e. The van der Waals surface area contributed by atoms with Gasteiger partial charge in [0.25, 0.3) is 0 Å². The summed E-state index contributed by atoms with van der Waals surface area (Å²) in [6.07, 6.45) is 6.93. The minimum Gasteiger partial charge on any atom is -0.472 e. The molecule has 1 aromatic rings. The highest BCUT2D eigenvalue weighted by molar-refractivity contribution is 5.96. The minimum atomic E-state index is -0.545. The highest BCUT2D eigenvalue weighted by atomic mass is 16.5. The Bertz CT molecular complexity index is 672. The third-order valence-electron chi connectivity index (χ3n) is 6.36. The summed E-state index contributed by atoms with van der Waals surface area (Å²) in [6, 6.07) is 1.80. The van der Waals surface area contributed by atoms with Gasteiger partial charge in [0, 0.05) is 12.0 Å². The fraction of sp³-hybridized carbons (Fsp3) is 0.579. The van der Waals surface area contributed by atoms with Crippen LogP contribution < -0.4 is 0 Å². The Hall–Kier alpha value is -1.68. The molecule has 0 amide bonds. The summed E-state index contributed by atoms with van der Waals surface area (Å²) in [5.74, 6) is 0.944. The quantitative estimate of drug-likeness (QED) is 0.796. The molecule has 23 heavy (non-hydrogen) atoms. The Morgan fingerprint density at radius 2 is 2.09 bits per heavy atom. The van der Waals surface area contributed by atoms with Gasteiger partial charge in [-0.1, -0.05) is 12.5 Å². The molecule has 0 N–H and O–H groups in total. The van der Waals surface area contributed by atoms with Crippen LogP contribution in [0.4, 0.5) is 0 Å². The van der Waals surface area contributed by atoms with Crippen LogP contribution >= 0.6 is 0 Å². The van der Waals surface area contributed by atoms with Gasteiger partial charge in [-0.25, -0.2) is 0 Å². The maximum atomic E-state index is 13.4. The van der Waals surface area contributed by atoms with Crippen molar-refractivity contribution in [3.8, 4) is 0 Å². The molecule has 1 aliphatic heterocycles. The summed E-state index contributed by atoms with van der Waals surface area (Å²) in [6.45, 7) is 4.60. The van der Waals surface area contributed by atoms with Crippen molar-refractivity contribution in [2.45, 2.75) is 39.2 Å². The second kappa shape index (κ2) is 5.17. The molecule has 2 heterocycles. The number of hydrogen-bond acceptors (Lipinski definition) is 4. The molecule has 0 aromatic carbocycles. The Balaban J connectivity index is 1.75. The molecule has 1 spiro atoms. The van der Waals surface area contributed by atoms with Crippen LogP contribution in [0, 0.1) is 23.2 Å². The number of rotatable bonds is 1. The fourth-order valence-corrected chi connectivity index (χ4v) is 5.08. The monoisotopic (exact) mass is 314 g/mol. The van der Waals surface area contributed by atoms with Crippen LogP contribution in [0.3, 0.4) is 0 Å². The molecule has 4 rings (SSSR count). The van der Waals surface area contributed by atoms with Gasteiger partial charge in [0.05, 0.1) is 24.5 Å². The van der Waals surface area contributed by atoms with E-state index in [2.05, 4.69) is 6.92 Å². The average molecular weight is 314 g/mol. The number of carbonyl (C=O) groups is 2. The molecule has 0 unspecified atom stereocenters. The van der Waals surface area contributed by atoms with Gasteiger partial charge in [-0.05, 0) is 49.7 Å². The SMILES string of the molecule is CC1=CC(=O)C[C@@H]2[C@H]1CC[C@H](C)[C@@]21CO[C@@H](c2ccoc2)C1=O. The van der Waals surface area contributed by atoms with Crippen molar-refractivity contribution >= 4 is 11.6 Å². The van der Waals surface area contributed by atoms with Crippen LogP contribution in [0.5, 0.6) is 0 Å². The molecule has 1 saturated carbocycles. The van der Waals surface area contributed by atoms with E-state index < -0.39 is 11.5 Å². The van der Waals surface area contributed by atoms with Crippen LogP contribution in [-0.2, 0) is 14.3 Å². The molecule has 2 aliphatic carbocycles. The van der Waals surface area contributed by atoms with Crippen molar-refractivity contribution in [2.24, 2.45) is 23.2 Å². The summed E-state index contributed by atoms with van der Waals surface area (Å²) >= 11 is 0. The summed E-state index contributed by atoms with van der Waals surface area (Å²) in [4.78, 5) is 25.5. The number of furan rings is 1. The highest BCUT2D eigenvalue weighted by Gasteiger charge is 2.61. The molecule has 0 radical (unpaired) electrons. The molecule has 4 heteroatoms. The van der Waals surface area contributed by atoms with Gasteiger partial charge in [-0.15, -0.1) is 0 Å². The number of fused-ring (bicyclic) bond motifs is 2. The lowest BCUT2D eigenvalue weighted by atomic mass is 9.52. The van der Waals surface area contributed by atoms with Crippen molar-refractivity contribution in [3.05, 3.63) is 35.8 Å². The Labute approximate surface area is 135 Å². The zero-order valence-electron chi connectivity index (χ0n) is 13.6. The number of hydrogen-bond donors (Lipinski definition) is 0. The highest BCUT2D eigenvalue weighted by Crippen LogP contribution is 2.58. The van der Waals surface area contributed by atoms with Crippen LogP contribution in [0.15, 0.2) is 34.7 Å². The molecule has 1 saturated heterocycles. The van der Waals surface area contributed by atoms with Gasteiger partial charge < -0.3 is 9.15 Å². The van der Waals surface area contributed by atoms with E-state index in [1.54, 1.807) is 24.7 Å². The second-order valence-corrected chi connectivity index (χ2v) is 7.40. The van der Waals surface area contributed by atoms with E-state index in [0.29, 0.717) is 18.9 Å². The third kappa shape index (κ3) is 2.01. The molecule has 122 valence electrons. The lowest BCUT2D eigenvalue weighted by Crippen LogP contribution is -2.52. The van der Waals surface area contributed by atoms with Crippen molar-refractivity contribution in [1.82, 2.24) is 0 Å². The van der Waals surface area contributed by atoms with E-state index in [-0.39, 0.29) is 23.4 Å². The van der Waals surface area contributed by atoms with Crippen molar-refractivity contribution in [2.75, 3.05) is 6.61 Å². The normalized spacial score (nSPS) is 40.3. The summed E-state index contributed by atoms with van der Waals surface area (Å²) < 4.78 is 11.1. The molecular formula is C19H22O4. The second-order valence-electron chi connectivity index (χ2n) is 7.40. The van der Waals surface area contributed by atoms with Gasteiger partial charge in [-0.3, -0.25) is 9.59 Å². The van der Waals surface area contributed by atoms with E-state index in [4.69, 9.17) is 9.15 Å². The molecule has 1 aromatic heterocycles. The van der Waals surface area contributed by atoms with Crippen molar-refractivity contribution in [3.63, 3.8) is 0 Å². The molecule has 5 atom stereocenters. The Kier molecular flexibility index (Phi) is 3.34. The van der Waals surface area contributed by atoms with E-state index >= 15 is 0 Å². The van der Waals surface area contributed by atoms with E-state index in [1.807, 2.05) is 6.92 Å². The minimum absolute atomic E-state index is 0.0770. The van der Waals surface area contributed by atoms with Crippen molar-refractivity contribution < 1.29 is 18.7 Å². The predicted molar refractivity (Wildman–Crippen MR) is 83.6 cm³/mol. The van der Waals surface area contributed by atoms with Crippen LogP contribution in [0.25, 0.3) is 0 Å². The van der Waals surface area contributed by atoms with Crippen LogP contribution in [0.2, 0.25) is 0 Å². The summed E-state index contributed by atoms with van der Waals surface area (Å²) in [5, 5.41) is 0. The Morgan fingerprint density at radius 3 is 2.83 bits per heavy atom. The number of ketones is 2. The van der Waals surface area contributed by atoms with Gasteiger partial charge in [0.2, 0.25) is 0 Å². The van der Waals surface area contributed by atoms with Crippen LogP contribution in [-0.4, -0.2) is 18.2 Å². The lowest BCUT2D eigenvalue weighted by Gasteiger charge is -2.49. The molecular weight excluding hydrogens is 292 g/mol. The van der Waals surface area contributed by atoms with Gasteiger partial charge in [0.15, 0.2) is 11.6 Å². The van der Waals surface area contributed by atoms with Crippen LogP contribution in [0.1, 0.15) is 44.8 Å². The molecule has 0 bridgehead atoms. The summed E-state index contributed by atoms with van der Waals surface area (Å²) in [7, 11) is 0. The standard InChI is InChI=1S/C19H22O4/c1-11-7-14(20)8-16-15(11)4-3-12(2)19(16)10-23-17(18(19)21)13-5-6-22-9-13/h5-7,9,12,15-17H,3-4,8,10H2,1-2H3/t12-,15-,16+,17-,19-/m0/s1. The first-order valence-corrected chi connectivity index (χ1v) is 8.43. The topological polar surface area (TPSA) is 56.5 Å². The molecule has 3 aliphatic rings.